The van der Waals surface area contributed by atoms with Crippen LogP contribution in [0, 0.1) is 0 Å². The second kappa shape index (κ2) is 7.46. The van der Waals surface area contributed by atoms with Crippen LogP contribution in [0.15, 0.2) is 53.3 Å². The van der Waals surface area contributed by atoms with E-state index in [0.29, 0.717) is 35.5 Å². The summed E-state index contributed by atoms with van der Waals surface area (Å²) in [7, 11) is 1.96. The number of aryl methyl sites for hydroxylation is 1. The van der Waals surface area contributed by atoms with Crippen LogP contribution in [0.3, 0.4) is 0 Å². The highest BCUT2D eigenvalue weighted by molar-refractivity contribution is 6.13. The van der Waals surface area contributed by atoms with Crippen molar-refractivity contribution >= 4 is 39.3 Å². The summed E-state index contributed by atoms with van der Waals surface area (Å²) in [5, 5.41) is 5.47. The maximum Gasteiger partial charge on any atom is 0.280 e. The Morgan fingerprint density at radius 2 is 1.58 bits per heavy atom. The Morgan fingerprint density at radius 1 is 0.935 bits per heavy atom. The molecule has 0 aliphatic carbocycles. The van der Waals surface area contributed by atoms with Crippen LogP contribution in [0.5, 0.6) is 0 Å². The van der Waals surface area contributed by atoms with Crippen molar-refractivity contribution in [2.75, 3.05) is 29.9 Å². The molecule has 1 amide bonds. The maximum absolute atomic E-state index is 13.8. The van der Waals surface area contributed by atoms with E-state index in [1.54, 1.807) is 23.1 Å². The standard InChI is InChI=1S/C23H22N6O2/c1-3-29-22(30)16-10-5-4-9-15(16)19(26-29)23(31)28-14-8-13-27(2)20-21(28)25-18-12-7-6-11-17(18)24-20/h4-7,9-12H,3,8,13-14H2,1-2H3. The van der Waals surface area contributed by atoms with E-state index in [4.69, 9.17) is 9.97 Å². The molecular formula is C23H22N6O2. The molecule has 8 nitrogen and oxygen atoms in total. The van der Waals surface area contributed by atoms with E-state index in [1.165, 1.54) is 4.68 Å². The monoisotopic (exact) mass is 414 g/mol. The normalized spacial score (nSPS) is 14.0. The summed E-state index contributed by atoms with van der Waals surface area (Å²) in [4.78, 5) is 39.8. The molecule has 4 aromatic rings. The summed E-state index contributed by atoms with van der Waals surface area (Å²) in [5.41, 5.74) is 1.56. The van der Waals surface area contributed by atoms with Crippen LogP contribution in [0.2, 0.25) is 0 Å². The number of hydrogen-bond donors (Lipinski definition) is 0. The highest BCUT2D eigenvalue weighted by Crippen LogP contribution is 2.31. The molecule has 8 heteroatoms. The van der Waals surface area contributed by atoms with Crippen LogP contribution in [-0.4, -0.2) is 45.8 Å². The Labute approximate surface area is 178 Å². The van der Waals surface area contributed by atoms with Crippen LogP contribution in [0.25, 0.3) is 21.8 Å². The average molecular weight is 414 g/mol. The third-order valence-electron chi connectivity index (χ3n) is 5.64. The first-order chi connectivity index (χ1) is 15.1. The number of anilines is 2. The lowest BCUT2D eigenvalue weighted by atomic mass is 10.1. The summed E-state index contributed by atoms with van der Waals surface area (Å²) in [6, 6.07) is 14.8. The van der Waals surface area contributed by atoms with Gasteiger partial charge in [0.05, 0.1) is 16.4 Å². The molecule has 1 aliphatic rings. The number of hydrogen-bond acceptors (Lipinski definition) is 6. The van der Waals surface area contributed by atoms with Crippen LogP contribution in [0.1, 0.15) is 23.8 Å². The van der Waals surface area contributed by atoms with Gasteiger partial charge in [0.15, 0.2) is 17.3 Å². The molecule has 0 atom stereocenters. The molecule has 0 saturated carbocycles. The second-order valence-electron chi connectivity index (χ2n) is 7.61. The molecule has 0 unspecified atom stereocenters. The van der Waals surface area contributed by atoms with Crippen molar-refractivity contribution in [2.45, 2.75) is 19.9 Å². The SMILES string of the molecule is CCn1nc(C(=O)N2CCCN(C)c3nc4ccccc4nc32)c2ccccc2c1=O. The number of amides is 1. The maximum atomic E-state index is 13.8. The molecule has 2 aromatic carbocycles. The molecule has 5 rings (SSSR count). The van der Waals surface area contributed by atoms with E-state index in [0.717, 1.165) is 24.0 Å². The minimum Gasteiger partial charge on any atom is -0.357 e. The molecule has 2 aromatic heterocycles. The predicted molar refractivity (Wildman–Crippen MR) is 121 cm³/mol. The number of aromatic nitrogens is 4. The smallest absolute Gasteiger partial charge is 0.280 e. The van der Waals surface area contributed by atoms with Gasteiger partial charge >= 0.3 is 0 Å². The molecular weight excluding hydrogens is 392 g/mol. The number of carbonyl (C=O) groups excluding carboxylic acids is 1. The summed E-state index contributed by atoms with van der Waals surface area (Å²) in [5.74, 6) is 0.904. The van der Waals surface area contributed by atoms with Gasteiger partial charge < -0.3 is 4.90 Å². The minimum atomic E-state index is -0.278. The van der Waals surface area contributed by atoms with E-state index in [1.807, 2.05) is 49.2 Å². The van der Waals surface area contributed by atoms with Crippen molar-refractivity contribution < 1.29 is 4.79 Å². The Bertz CT molecular complexity index is 1380. The quantitative estimate of drug-likeness (QED) is 0.502. The van der Waals surface area contributed by atoms with Gasteiger partial charge in [-0.1, -0.05) is 30.3 Å². The number of fused-ring (bicyclic) bond motifs is 3. The predicted octanol–water partition coefficient (Wildman–Crippen LogP) is 2.85. The summed E-state index contributed by atoms with van der Waals surface area (Å²) in [6.07, 6.45) is 0.766. The zero-order valence-corrected chi connectivity index (χ0v) is 17.4. The highest BCUT2D eigenvalue weighted by Gasteiger charge is 2.30. The fourth-order valence-electron chi connectivity index (χ4n) is 4.03. The van der Waals surface area contributed by atoms with Crippen LogP contribution >= 0.6 is 0 Å². The van der Waals surface area contributed by atoms with Gasteiger partial charge in [-0.3, -0.25) is 14.5 Å². The van der Waals surface area contributed by atoms with Crippen molar-refractivity contribution in [1.82, 2.24) is 19.7 Å². The highest BCUT2D eigenvalue weighted by atomic mass is 16.2. The Morgan fingerprint density at radius 3 is 2.29 bits per heavy atom. The van der Waals surface area contributed by atoms with Gasteiger partial charge in [-0.2, -0.15) is 5.10 Å². The number of rotatable bonds is 2. The van der Waals surface area contributed by atoms with Crippen molar-refractivity contribution in [1.29, 1.82) is 0 Å². The third kappa shape index (κ3) is 3.11. The van der Waals surface area contributed by atoms with Crippen molar-refractivity contribution in [3.8, 4) is 0 Å². The minimum absolute atomic E-state index is 0.198. The van der Waals surface area contributed by atoms with E-state index in [-0.39, 0.29) is 17.2 Å². The lowest BCUT2D eigenvalue weighted by Gasteiger charge is -2.23. The summed E-state index contributed by atoms with van der Waals surface area (Å²) in [6.45, 7) is 3.47. The van der Waals surface area contributed by atoms with Crippen molar-refractivity contribution in [3.63, 3.8) is 0 Å². The lowest BCUT2D eigenvalue weighted by Crippen LogP contribution is -2.35. The molecule has 0 bridgehead atoms. The number of benzene rings is 2. The molecule has 0 fully saturated rings. The zero-order valence-electron chi connectivity index (χ0n) is 17.4. The number of para-hydroxylation sites is 2. The Balaban J connectivity index is 1.72. The first kappa shape index (κ1) is 19.2. The zero-order chi connectivity index (χ0) is 21.5. The molecule has 156 valence electrons. The van der Waals surface area contributed by atoms with Gasteiger partial charge in [0.2, 0.25) is 0 Å². The van der Waals surface area contributed by atoms with Crippen LogP contribution < -0.4 is 15.4 Å². The van der Waals surface area contributed by atoms with E-state index in [9.17, 15) is 9.59 Å². The fourth-order valence-corrected chi connectivity index (χ4v) is 4.03. The number of nitrogens with zero attached hydrogens (tertiary/aromatic N) is 6. The topological polar surface area (TPSA) is 84.2 Å². The van der Waals surface area contributed by atoms with E-state index < -0.39 is 0 Å². The molecule has 0 radical (unpaired) electrons. The van der Waals surface area contributed by atoms with Gasteiger partial charge in [0.25, 0.3) is 11.5 Å². The van der Waals surface area contributed by atoms with Crippen molar-refractivity contribution in [2.24, 2.45) is 0 Å². The number of carbonyl (C=O) groups is 1. The summed E-state index contributed by atoms with van der Waals surface area (Å²) < 4.78 is 1.34. The fraction of sp³-hybridized carbons (Fsp3) is 0.261. The first-order valence-corrected chi connectivity index (χ1v) is 10.4. The van der Waals surface area contributed by atoms with Crippen LogP contribution in [0.4, 0.5) is 11.6 Å². The van der Waals surface area contributed by atoms with E-state index >= 15 is 0 Å². The molecule has 0 N–H and O–H groups in total. The third-order valence-corrected chi connectivity index (χ3v) is 5.64. The molecule has 31 heavy (non-hydrogen) atoms. The van der Waals surface area contributed by atoms with Gasteiger partial charge in [-0.25, -0.2) is 14.6 Å². The largest absolute Gasteiger partial charge is 0.357 e. The van der Waals surface area contributed by atoms with Crippen molar-refractivity contribution in [3.05, 3.63) is 64.6 Å². The summed E-state index contributed by atoms with van der Waals surface area (Å²) >= 11 is 0. The second-order valence-corrected chi connectivity index (χ2v) is 7.61. The van der Waals surface area contributed by atoms with Gasteiger partial charge in [-0.05, 0) is 31.5 Å². The molecule has 0 spiro atoms. The van der Waals surface area contributed by atoms with E-state index in [2.05, 4.69) is 5.10 Å². The van der Waals surface area contributed by atoms with Gasteiger partial charge in [0.1, 0.15) is 0 Å². The molecule has 3 heterocycles. The lowest BCUT2D eigenvalue weighted by molar-refractivity contribution is 0.0981. The van der Waals surface area contributed by atoms with Gasteiger partial charge in [-0.15, -0.1) is 0 Å². The first-order valence-electron chi connectivity index (χ1n) is 10.4. The molecule has 1 aliphatic heterocycles. The Hall–Kier alpha value is -3.81. The molecule has 0 saturated heterocycles. The van der Waals surface area contributed by atoms with Gasteiger partial charge in [0, 0.05) is 32.1 Å². The average Bonchev–Trinajstić information content (AvgIpc) is 2.96. The Kier molecular flexibility index (Phi) is 4.62. The van der Waals surface area contributed by atoms with Crippen LogP contribution in [-0.2, 0) is 6.54 Å².